The summed E-state index contributed by atoms with van der Waals surface area (Å²) in [7, 11) is 0. The minimum Gasteiger partial charge on any atom is -0.508 e. The van der Waals surface area contributed by atoms with Crippen LogP contribution in [0.2, 0.25) is 0 Å². The lowest BCUT2D eigenvalue weighted by atomic mass is 9.88. The zero-order valence-corrected chi connectivity index (χ0v) is 7.49. The Kier molecular flexibility index (Phi) is 1.76. The molecule has 1 aromatic rings. The summed E-state index contributed by atoms with van der Waals surface area (Å²) in [6.07, 6.45) is 4.77. The van der Waals surface area contributed by atoms with Crippen LogP contribution in [0.3, 0.4) is 0 Å². The molecule has 1 aromatic carbocycles. The maximum atomic E-state index is 9.61. The molecule has 13 heavy (non-hydrogen) atoms. The highest BCUT2D eigenvalue weighted by Crippen LogP contribution is 2.38. The molecule has 2 heteroatoms. The van der Waals surface area contributed by atoms with Gasteiger partial charge in [0.05, 0.1) is 0 Å². The molecule has 1 atom stereocenters. The second kappa shape index (κ2) is 2.80. The molecule has 2 nitrogen and oxygen atoms in total. The van der Waals surface area contributed by atoms with Gasteiger partial charge in [0, 0.05) is 17.0 Å². The van der Waals surface area contributed by atoms with Crippen molar-refractivity contribution in [1.29, 1.82) is 0 Å². The summed E-state index contributed by atoms with van der Waals surface area (Å²) < 4.78 is 0. The number of aromatic hydroxyl groups is 2. The number of rotatable bonds is 0. The topological polar surface area (TPSA) is 40.5 Å². The largest absolute Gasteiger partial charge is 0.508 e. The average molecular weight is 176 g/mol. The van der Waals surface area contributed by atoms with Crippen molar-refractivity contribution in [1.82, 2.24) is 0 Å². The van der Waals surface area contributed by atoms with Crippen LogP contribution in [0.15, 0.2) is 24.3 Å². The molecule has 0 heterocycles. The highest BCUT2D eigenvalue weighted by molar-refractivity contribution is 5.52. The summed E-state index contributed by atoms with van der Waals surface area (Å²) >= 11 is 0. The predicted octanol–water partition coefficient (Wildman–Crippen LogP) is 2.31. The maximum Gasteiger partial charge on any atom is 0.119 e. The Morgan fingerprint density at radius 3 is 2.62 bits per heavy atom. The summed E-state index contributed by atoms with van der Waals surface area (Å²) in [5.41, 5.74) is 1.72. The van der Waals surface area contributed by atoms with Crippen molar-refractivity contribution in [2.24, 2.45) is 0 Å². The molecule has 0 radical (unpaired) electrons. The van der Waals surface area contributed by atoms with E-state index >= 15 is 0 Å². The van der Waals surface area contributed by atoms with E-state index in [0.717, 1.165) is 11.1 Å². The van der Waals surface area contributed by atoms with Gasteiger partial charge in [-0.25, -0.2) is 0 Å². The van der Waals surface area contributed by atoms with Gasteiger partial charge in [0.25, 0.3) is 0 Å². The van der Waals surface area contributed by atoms with Crippen LogP contribution in [0, 0.1) is 0 Å². The Hall–Kier alpha value is -1.44. The smallest absolute Gasteiger partial charge is 0.119 e. The monoisotopic (exact) mass is 176 g/mol. The fourth-order valence-corrected chi connectivity index (χ4v) is 1.85. The van der Waals surface area contributed by atoms with Gasteiger partial charge in [-0.15, -0.1) is 0 Å². The lowest BCUT2D eigenvalue weighted by Crippen LogP contribution is -2.02. The Balaban J connectivity index is 2.65. The molecule has 2 rings (SSSR count). The number of benzene rings is 1. The van der Waals surface area contributed by atoms with E-state index in [1.54, 1.807) is 12.1 Å². The van der Waals surface area contributed by atoms with Crippen LogP contribution in [0.1, 0.15) is 24.0 Å². The van der Waals surface area contributed by atoms with Crippen LogP contribution in [0.4, 0.5) is 0 Å². The van der Waals surface area contributed by atoms with Crippen molar-refractivity contribution in [3.05, 3.63) is 35.4 Å². The van der Waals surface area contributed by atoms with Crippen molar-refractivity contribution in [2.45, 2.75) is 19.3 Å². The number of hydrogen-bond donors (Lipinski definition) is 2. The van der Waals surface area contributed by atoms with Gasteiger partial charge < -0.3 is 10.2 Å². The highest BCUT2D eigenvalue weighted by Gasteiger charge is 2.18. The first-order valence-electron chi connectivity index (χ1n) is 4.40. The molecule has 0 aliphatic heterocycles. The van der Waals surface area contributed by atoms with Gasteiger partial charge in [-0.1, -0.05) is 19.1 Å². The molecule has 0 saturated carbocycles. The van der Waals surface area contributed by atoms with Gasteiger partial charge in [-0.3, -0.25) is 0 Å². The molecule has 1 aliphatic carbocycles. The van der Waals surface area contributed by atoms with Gasteiger partial charge in [-0.05, 0) is 18.6 Å². The second-order valence-corrected chi connectivity index (χ2v) is 3.42. The van der Waals surface area contributed by atoms with Crippen molar-refractivity contribution < 1.29 is 10.2 Å². The molecule has 0 amide bonds. The lowest BCUT2D eigenvalue weighted by Gasteiger charge is -2.19. The van der Waals surface area contributed by atoms with Crippen molar-refractivity contribution in [3.8, 4) is 11.5 Å². The Bertz CT molecular complexity index is 367. The minimum atomic E-state index is 0.191. The Morgan fingerprint density at radius 2 is 1.92 bits per heavy atom. The van der Waals surface area contributed by atoms with E-state index in [2.05, 4.69) is 0 Å². The average Bonchev–Trinajstić information content (AvgIpc) is 2.12. The van der Waals surface area contributed by atoms with Crippen molar-refractivity contribution in [3.63, 3.8) is 0 Å². The number of allylic oxidation sites excluding steroid dienone is 2. The zero-order chi connectivity index (χ0) is 9.42. The number of phenols is 2. The van der Waals surface area contributed by atoms with E-state index in [-0.39, 0.29) is 17.4 Å². The van der Waals surface area contributed by atoms with E-state index in [1.807, 2.05) is 19.1 Å². The van der Waals surface area contributed by atoms with E-state index < -0.39 is 0 Å². The third kappa shape index (κ3) is 1.18. The van der Waals surface area contributed by atoms with E-state index in [4.69, 9.17) is 0 Å². The molecule has 0 fully saturated rings. The van der Waals surface area contributed by atoms with Crippen molar-refractivity contribution in [2.75, 3.05) is 0 Å². The maximum absolute atomic E-state index is 9.61. The third-order valence-corrected chi connectivity index (χ3v) is 2.51. The lowest BCUT2D eigenvalue weighted by molar-refractivity contribution is 0.446. The van der Waals surface area contributed by atoms with Crippen LogP contribution in [-0.2, 0) is 6.42 Å². The molecule has 0 bridgehead atoms. The molecule has 0 saturated heterocycles. The predicted molar refractivity (Wildman–Crippen MR) is 51.0 cm³/mol. The highest BCUT2D eigenvalue weighted by atomic mass is 16.3. The molecule has 0 aromatic heterocycles. The van der Waals surface area contributed by atoms with Gasteiger partial charge in [0.2, 0.25) is 0 Å². The fourth-order valence-electron chi connectivity index (χ4n) is 1.85. The van der Waals surface area contributed by atoms with Gasteiger partial charge in [0.1, 0.15) is 11.5 Å². The number of phenolic OH excluding ortho intramolecular Hbond substituents is 2. The Labute approximate surface area is 77.1 Å². The quantitative estimate of drug-likeness (QED) is 0.470. The minimum absolute atomic E-state index is 0.191. The molecular formula is C11H12O2. The molecule has 68 valence electrons. The second-order valence-electron chi connectivity index (χ2n) is 3.42. The van der Waals surface area contributed by atoms with Gasteiger partial charge in [0.15, 0.2) is 0 Å². The molecule has 1 aliphatic rings. The van der Waals surface area contributed by atoms with Gasteiger partial charge in [-0.2, -0.15) is 0 Å². The van der Waals surface area contributed by atoms with Crippen molar-refractivity contribution >= 4 is 0 Å². The SMILES string of the molecule is CC1C=CCc2c(O)ccc(O)c21. The normalized spacial score (nSPS) is 19.9. The van der Waals surface area contributed by atoms with Gasteiger partial charge >= 0.3 is 0 Å². The first kappa shape index (κ1) is 8.17. The number of hydrogen-bond acceptors (Lipinski definition) is 2. The van der Waals surface area contributed by atoms with Crippen LogP contribution < -0.4 is 0 Å². The van der Waals surface area contributed by atoms with Crippen LogP contribution in [0.5, 0.6) is 11.5 Å². The molecule has 0 spiro atoms. The van der Waals surface area contributed by atoms with E-state index in [9.17, 15) is 10.2 Å². The summed E-state index contributed by atoms with van der Waals surface area (Å²) in [6.45, 7) is 2.01. The summed E-state index contributed by atoms with van der Waals surface area (Å²) in [6, 6.07) is 3.09. The first-order chi connectivity index (χ1) is 6.20. The third-order valence-electron chi connectivity index (χ3n) is 2.51. The van der Waals surface area contributed by atoms with Crippen LogP contribution in [-0.4, -0.2) is 10.2 Å². The molecule has 1 unspecified atom stereocenters. The van der Waals surface area contributed by atoms with E-state index in [1.165, 1.54) is 0 Å². The Morgan fingerprint density at radius 1 is 1.23 bits per heavy atom. The fraction of sp³-hybridized carbons (Fsp3) is 0.273. The van der Waals surface area contributed by atoms with E-state index in [0.29, 0.717) is 6.42 Å². The van der Waals surface area contributed by atoms with Crippen LogP contribution in [0.25, 0.3) is 0 Å². The summed E-state index contributed by atoms with van der Waals surface area (Å²) in [5.74, 6) is 0.754. The van der Waals surface area contributed by atoms with Crippen LogP contribution >= 0.6 is 0 Å². The standard InChI is InChI=1S/C11H12O2/c1-7-3-2-4-8-9(12)5-6-10(13)11(7)8/h2-3,5-7,12-13H,4H2,1H3. The summed E-state index contributed by atoms with van der Waals surface area (Å²) in [4.78, 5) is 0. The molecular weight excluding hydrogens is 164 g/mol. The first-order valence-corrected chi connectivity index (χ1v) is 4.40. The number of fused-ring (bicyclic) bond motifs is 1. The summed E-state index contributed by atoms with van der Waals surface area (Å²) in [5, 5.41) is 19.2. The molecule has 2 N–H and O–H groups in total. The zero-order valence-electron chi connectivity index (χ0n) is 7.49.